The number of benzene rings is 2. The molecule has 66 heavy (non-hydrogen) atoms. The van der Waals surface area contributed by atoms with Crippen LogP contribution in [-0.2, 0) is 14.4 Å². The van der Waals surface area contributed by atoms with Gasteiger partial charge in [-0.05, 0) is 92.8 Å². The first-order valence-corrected chi connectivity index (χ1v) is 24.7. The predicted octanol–water partition coefficient (Wildman–Crippen LogP) is 8.48. The molecule has 344 valence electrons. The van der Waals surface area contributed by atoms with E-state index in [2.05, 4.69) is 42.8 Å². The van der Waals surface area contributed by atoms with Crippen molar-refractivity contribution in [2.24, 2.45) is 5.92 Å². The Labute approximate surface area is 404 Å². The molecule has 4 N–H and O–H groups in total. The first-order valence-electron chi connectivity index (χ1n) is 21.1. The maximum absolute atomic E-state index is 13.9. The summed E-state index contributed by atoms with van der Waals surface area (Å²) in [6.45, 7) is 10.8. The number of nitrogens with zero attached hydrogens (tertiary/aromatic N) is 5. The van der Waals surface area contributed by atoms with Gasteiger partial charge >= 0.3 is 0 Å². The summed E-state index contributed by atoms with van der Waals surface area (Å²) in [5, 5.41) is 13.2. The molecule has 1 aliphatic carbocycles. The number of thiazole rings is 2. The van der Waals surface area contributed by atoms with Crippen molar-refractivity contribution < 1.29 is 28.7 Å². The summed E-state index contributed by atoms with van der Waals surface area (Å²) >= 11 is 12.3. The molecule has 4 heterocycles. The standard InChI is InChI=1S/C46H48ClN9O6S4/c1-6-29-25-55(18-19-56(29)39(58)7-2)43(61)30-22-36(26(3)20-32(30)47)64-44-33(52-46(66-44)54-41(59)28-11-12-28)13-14-38(57)49-16-17-50-42(60)31-23-35(27(4)21-34(31)62-5)63-40-24-51-45(65-40)53-37-10-8-9-15-48-37/h7-10,13-15,20-24,28-29H,2,6,11-12,16-19,25H2,1,3-5H3,(H,49,57)(H,50,60)(H,48,51,53)(H,52,54,59)/t29-/m1/s1. The number of hydrogen-bond acceptors (Lipinski definition) is 14. The second-order valence-corrected chi connectivity index (χ2v) is 20.4. The Morgan fingerprint density at radius 2 is 1.71 bits per heavy atom. The van der Waals surface area contributed by atoms with Crippen molar-refractivity contribution in [3.8, 4) is 5.75 Å². The maximum atomic E-state index is 13.9. The molecule has 5 aromatic rings. The number of carbonyl (C=O) groups excluding carboxylic acids is 5. The second kappa shape index (κ2) is 22.2. The monoisotopic (exact) mass is 985 g/mol. The molecule has 2 aliphatic rings. The van der Waals surface area contributed by atoms with Gasteiger partial charge in [0.25, 0.3) is 11.8 Å². The fraction of sp³-hybridized carbons (Fsp3) is 0.304. The van der Waals surface area contributed by atoms with Crippen molar-refractivity contribution in [2.45, 2.75) is 64.3 Å². The van der Waals surface area contributed by atoms with E-state index in [0.717, 1.165) is 38.0 Å². The molecular weight excluding hydrogens is 938 g/mol. The van der Waals surface area contributed by atoms with Crippen LogP contribution in [0.4, 0.5) is 16.1 Å². The Kier molecular flexibility index (Phi) is 16.2. The molecule has 2 fully saturated rings. The summed E-state index contributed by atoms with van der Waals surface area (Å²) in [7, 11) is 1.51. The summed E-state index contributed by atoms with van der Waals surface area (Å²) in [6.07, 6.45) is 10.0. The van der Waals surface area contributed by atoms with Crippen molar-refractivity contribution in [1.82, 2.24) is 35.4 Å². The molecule has 0 spiro atoms. The van der Waals surface area contributed by atoms with Crippen LogP contribution in [0.1, 0.15) is 63.7 Å². The molecule has 1 saturated carbocycles. The van der Waals surface area contributed by atoms with Gasteiger partial charge in [0.15, 0.2) is 10.3 Å². The van der Waals surface area contributed by atoms with Crippen LogP contribution in [0, 0.1) is 19.8 Å². The van der Waals surface area contributed by atoms with E-state index in [4.69, 9.17) is 16.3 Å². The van der Waals surface area contributed by atoms with Crippen LogP contribution in [0.2, 0.25) is 5.02 Å². The number of pyridine rings is 1. The third-order valence-electron chi connectivity index (χ3n) is 10.6. The van der Waals surface area contributed by atoms with Gasteiger partial charge in [-0.3, -0.25) is 24.0 Å². The Bertz CT molecular complexity index is 2670. The molecule has 5 amide bonds. The van der Waals surface area contributed by atoms with E-state index in [1.165, 1.54) is 65.5 Å². The van der Waals surface area contributed by atoms with E-state index in [1.807, 2.05) is 45.0 Å². The van der Waals surface area contributed by atoms with E-state index < -0.39 is 5.91 Å². The lowest BCUT2D eigenvalue weighted by Gasteiger charge is -2.41. The number of piperazine rings is 1. The van der Waals surface area contributed by atoms with Crippen molar-refractivity contribution in [2.75, 3.05) is 50.5 Å². The predicted molar refractivity (Wildman–Crippen MR) is 262 cm³/mol. The van der Waals surface area contributed by atoms with Crippen molar-refractivity contribution in [3.63, 3.8) is 0 Å². The molecule has 0 radical (unpaired) electrons. The number of nitrogens with one attached hydrogen (secondary N) is 4. The quantitative estimate of drug-likeness (QED) is 0.0485. The van der Waals surface area contributed by atoms with Crippen LogP contribution in [0.5, 0.6) is 5.75 Å². The average Bonchev–Trinajstić information content (AvgIpc) is 3.98. The lowest BCUT2D eigenvalue weighted by molar-refractivity contribution is -0.130. The molecule has 20 heteroatoms. The SMILES string of the molecule is C=CC(=O)N1CCN(C(=O)c2cc(Sc3sc(NC(=O)C4CC4)nc3C=CC(=O)NCCNC(=O)c3cc(Sc4cnc(Nc5ccccn5)s4)c(C)cc3OC)c(C)cc2Cl)C[C@H]1CC. The average molecular weight is 987 g/mol. The normalized spacial score (nSPS) is 14.8. The maximum Gasteiger partial charge on any atom is 0.255 e. The van der Waals surface area contributed by atoms with Gasteiger partial charge in [-0.15, -0.1) is 0 Å². The summed E-state index contributed by atoms with van der Waals surface area (Å²) in [5.41, 5.74) is 2.89. The summed E-state index contributed by atoms with van der Waals surface area (Å²) in [5.74, 6) is -0.208. The minimum atomic E-state index is -0.416. The number of carbonyl (C=O) groups is 5. The van der Waals surface area contributed by atoms with Gasteiger partial charge in [0.2, 0.25) is 17.7 Å². The Morgan fingerprint density at radius 1 is 0.955 bits per heavy atom. The van der Waals surface area contributed by atoms with Crippen LogP contribution in [0.15, 0.2) is 91.8 Å². The highest BCUT2D eigenvalue weighted by atomic mass is 35.5. The minimum absolute atomic E-state index is 0.0435. The Hall–Kier alpha value is -5.73. The highest BCUT2D eigenvalue weighted by molar-refractivity contribution is 8.01. The van der Waals surface area contributed by atoms with E-state index in [-0.39, 0.29) is 48.7 Å². The molecule has 1 saturated heterocycles. The minimum Gasteiger partial charge on any atom is -0.496 e. The van der Waals surface area contributed by atoms with Crippen molar-refractivity contribution in [3.05, 3.63) is 107 Å². The number of halogens is 1. The summed E-state index contributed by atoms with van der Waals surface area (Å²) in [4.78, 5) is 84.1. The number of ether oxygens (including phenoxy) is 1. The molecule has 2 aromatic carbocycles. The number of hydrogen-bond donors (Lipinski definition) is 4. The number of rotatable bonds is 18. The van der Waals surface area contributed by atoms with Crippen LogP contribution in [0.3, 0.4) is 0 Å². The highest BCUT2D eigenvalue weighted by Crippen LogP contribution is 2.42. The van der Waals surface area contributed by atoms with Gasteiger partial charge in [-0.25, -0.2) is 15.0 Å². The van der Waals surface area contributed by atoms with Gasteiger partial charge in [0, 0.05) is 66.7 Å². The number of aromatic nitrogens is 3. The highest BCUT2D eigenvalue weighted by Gasteiger charge is 2.33. The fourth-order valence-corrected chi connectivity index (χ4v) is 11.3. The van der Waals surface area contributed by atoms with E-state index in [1.54, 1.807) is 46.5 Å². The zero-order chi connectivity index (χ0) is 46.9. The molecular formula is C46H48ClN9O6S4. The topological polar surface area (TPSA) is 188 Å². The summed E-state index contributed by atoms with van der Waals surface area (Å²) < 4.78 is 7.16. The Morgan fingerprint density at radius 3 is 2.44 bits per heavy atom. The van der Waals surface area contributed by atoms with Gasteiger partial charge in [-0.2, -0.15) is 0 Å². The van der Waals surface area contributed by atoms with Crippen molar-refractivity contribution >= 4 is 109 Å². The van der Waals surface area contributed by atoms with Gasteiger partial charge in [0.1, 0.15) is 11.6 Å². The molecule has 0 bridgehead atoms. The lowest BCUT2D eigenvalue weighted by atomic mass is 10.1. The molecule has 15 nitrogen and oxygen atoms in total. The third kappa shape index (κ3) is 12.2. The number of amides is 5. The Balaban J connectivity index is 0.983. The van der Waals surface area contributed by atoms with Crippen molar-refractivity contribution in [1.29, 1.82) is 0 Å². The summed E-state index contributed by atoms with van der Waals surface area (Å²) in [6, 6.07) is 12.6. The number of aryl methyl sites for hydroxylation is 2. The fourth-order valence-electron chi connectivity index (χ4n) is 6.90. The van der Waals surface area contributed by atoms with Crippen LogP contribution >= 0.6 is 57.8 Å². The third-order valence-corrected chi connectivity index (χ3v) is 15.5. The van der Waals surface area contributed by atoms with Crippen LogP contribution < -0.4 is 26.0 Å². The molecule has 1 atom stereocenters. The van der Waals surface area contributed by atoms with Crippen LogP contribution in [-0.4, -0.2) is 100 Å². The largest absolute Gasteiger partial charge is 0.496 e. The van der Waals surface area contributed by atoms with Crippen LogP contribution in [0.25, 0.3) is 6.08 Å². The first-order chi connectivity index (χ1) is 31.8. The molecule has 1 aliphatic heterocycles. The zero-order valence-electron chi connectivity index (χ0n) is 36.6. The van der Waals surface area contributed by atoms with Gasteiger partial charge in [0.05, 0.1) is 43.6 Å². The molecule has 0 unspecified atom stereocenters. The number of anilines is 3. The molecule has 3 aromatic heterocycles. The molecule has 7 rings (SSSR count). The van der Waals surface area contributed by atoms with E-state index in [9.17, 15) is 24.0 Å². The van der Waals surface area contributed by atoms with Gasteiger partial charge in [-0.1, -0.05) is 77.4 Å². The second-order valence-electron chi connectivity index (χ2n) is 15.3. The smallest absolute Gasteiger partial charge is 0.255 e. The van der Waals surface area contributed by atoms with E-state index >= 15 is 0 Å². The zero-order valence-corrected chi connectivity index (χ0v) is 40.7. The number of methoxy groups -OCH3 is 1. The van der Waals surface area contributed by atoms with E-state index in [0.29, 0.717) is 73.9 Å². The first kappa shape index (κ1) is 48.2. The lowest BCUT2D eigenvalue weighted by Crippen LogP contribution is -2.56. The van der Waals surface area contributed by atoms with Gasteiger partial charge < -0.3 is 35.8 Å².